The smallest absolute Gasteiger partial charge is 0.319 e. The number of benzene rings is 2. The molecule has 3 saturated heterocycles. The molecule has 0 bridgehead atoms. The Hall–Kier alpha value is -3.38. The van der Waals surface area contributed by atoms with Crippen molar-refractivity contribution in [2.45, 2.75) is 44.2 Å². The second-order valence-corrected chi connectivity index (χ2v) is 13.2. The van der Waals surface area contributed by atoms with Crippen molar-refractivity contribution < 1.29 is 28.5 Å². The first-order chi connectivity index (χ1) is 21.0. The number of fused-ring (bicyclic) bond motifs is 3. The number of hydrogen-bond acceptors (Lipinski definition) is 9. The summed E-state index contributed by atoms with van der Waals surface area (Å²) in [6.07, 6.45) is 4.55. The summed E-state index contributed by atoms with van der Waals surface area (Å²) >= 11 is 6.36. The molecule has 3 fully saturated rings. The maximum Gasteiger partial charge on any atom is 0.319 e. The zero-order chi connectivity index (χ0) is 30.8. The SMILES string of the molecule is C[C@H]1CN2CCC[C@@]2(COc2nc(N3CCOCC(C)(O)C3)c3cnc(-c4cc(O)cc5ccc(F)c(Cl)c45)c(F)c3n2)C1. The number of halogens is 3. The highest BCUT2D eigenvalue weighted by Crippen LogP contribution is 2.43. The van der Waals surface area contributed by atoms with Crippen molar-refractivity contribution in [3.05, 3.63) is 47.1 Å². The molecule has 2 aromatic carbocycles. The van der Waals surface area contributed by atoms with Gasteiger partial charge in [0.05, 0.1) is 35.7 Å². The molecule has 0 radical (unpaired) electrons. The second kappa shape index (κ2) is 10.9. The van der Waals surface area contributed by atoms with E-state index in [2.05, 4.69) is 21.8 Å². The molecule has 9 nitrogen and oxygen atoms in total. The molecule has 0 saturated carbocycles. The van der Waals surface area contributed by atoms with E-state index in [0.29, 0.717) is 42.3 Å². The van der Waals surface area contributed by atoms with Gasteiger partial charge in [-0.15, -0.1) is 0 Å². The van der Waals surface area contributed by atoms with Crippen molar-refractivity contribution in [1.29, 1.82) is 0 Å². The largest absolute Gasteiger partial charge is 0.508 e. The van der Waals surface area contributed by atoms with Gasteiger partial charge in [-0.25, -0.2) is 8.78 Å². The maximum atomic E-state index is 16.7. The Kier molecular flexibility index (Phi) is 7.27. The summed E-state index contributed by atoms with van der Waals surface area (Å²) in [7, 11) is 0. The molecule has 3 aliphatic heterocycles. The second-order valence-electron chi connectivity index (χ2n) is 12.8. The van der Waals surface area contributed by atoms with Crippen LogP contribution in [-0.2, 0) is 4.74 Å². The minimum absolute atomic E-state index is 0.0129. The summed E-state index contributed by atoms with van der Waals surface area (Å²) in [5.41, 5.74) is -1.37. The van der Waals surface area contributed by atoms with Gasteiger partial charge in [0, 0.05) is 30.2 Å². The summed E-state index contributed by atoms with van der Waals surface area (Å²) in [5, 5.41) is 22.1. The van der Waals surface area contributed by atoms with E-state index in [1.165, 1.54) is 30.5 Å². The van der Waals surface area contributed by atoms with Gasteiger partial charge >= 0.3 is 6.01 Å². The molecular formula is C32H34ClF2N5O4. The third-order valence-electron chi connectivity index (χ3n) is 9.11. The predicted molar refractivity (Wildman–Crippen MR) is 163 cm³/mol. The molecular weight excluding hydrogens is 592 g/mol. The average Bonchev–Trinajstić information content (AvgIpc) is 3.43. The lowest BCUT2D eigenvalue weighted by Crippen LogP contribution is -2.44. The van der Waals surface area contributed by atoms with E-state index in [-0.39, 0.29) is 57.6 Å². The van der Waals surface area contributed by atoms with Crippen LogP contribution in [0.1, 0.15) is 33.1 Å². The van der Waals surface area contributed by atoms with Crippen molar-refractivity contribution in [3.63, 3.8) is 0 Å². The minimum Gasteiger partial charge on any atom is -0.508 e. The lowest BCUT2D eigenvalue weighted by Gasteiger charge is -2.32. The number of nitrogens with zero attached hydrogens (tertiary/aromatic N) is 5. The van der Waals surface area contributed by atoms with Crippen LogP contribution in [0.2, 0.25) is 5.02 Å². The zero-order valence-corrected chi connectivity index (χ0v) is 25.4. The number of β-amino-alcohol motifs (C(OH)–C–C–N with tert-alkyl or cyclic N) is 1. The van der Waals surface area contributed by atoms with Crippen LogP contribution < -0.4 is 9.64 Å². The van der Waals surface area contributed by atoms with Gasteiger partial charge < -0.3 is 24.6 Å². The Morgan fingerprint density at radius 1 is 1.20 bits per heavy atom. The van der Waals surface area contributed by atoms with Crippen molar-refractivity contribution in [2.75, 3.05) is 50.9 Å². The Morgan fingerprint density at radius 2 is 2.05 bits per heavy atom. The summed E-state index contributed by atoms with van der Waals surface area (Å²) < 4.78 is 43.2. The first kappa shape index (κ1) is 29.3. The standard InChI is InChI=1S/C32H34ClF2N5O4/c1-18-12-32(6-3-7-40(32)14-18)17-44-30-37-28-22(29(38-30)39-8-9-43-16-31(2,42)15-39)13-36-27(26(28)35)21-11-20(41)10-19-4-5-23(34)25(33)24(19)21/h4-5,10-11,13,18,41-42H,3,6-9,12,14-17H2,1-2H3/t18-,31?,32+/m1/s1. The Bertz CT molecular complexity index is 1770. The molecule has 5 heterocycles. The number of rotatable bonds is 5. The van der Waals surface area contributed by atoms with E-state index < -0.39 is 17.2 Å². The van der Waals surface area contributed by atoms with E-state index >= 15 is 4.39 Å². The maximum absolute atomic E-state index is 16.7. The normalized spacial score (nSPS) is 26.0. The van der Waals surface area contributed by atoms with Gasteiger partial charge in [-0.2, -0.15) is 9.97 Å². The summed E-state index contributed by atoms with van der Waals surface area (Å²) in [5.74, 6) is -0.715. The Balaban J connectivity index is 1.38. The molecule has 44 heavy (non-hydrogen) atoms. The van der Waals surface area contributed by atoms with Crippen LogP contribution in [0.15, 0.2) is 30.5 Å². The molecule has 232 valence electrons. The first-order valence-electron chi connectivity index (χ1n) is 14.9. The number of aromatic hydroxyl groups is 1. The van der Waals surface area contributed by atoms with Crippen molar-refractivity contribution in [2.24, 2.45) is 5.92 Å². The van der Waals surface area contributed by atoms with E-state index in [1.807, 2.05) is 4.90 Å². The molecule has 7 rings (SSSR count). The third-order valence-corrected chi connectivity index (χ3v) is 9.48. The van der Waals surface area contributed by atoms with Crippen molar-refractivity contribution in [3.8, 4) is 23.0 Å². The highest BCUT2D eigenvalue weighted by molar-refractivity contribution is 6.37. The van der Waals surface area contributed by atoms with E-state index in [0.717, 1.165) is 32.4 Å². The van der Waals surface area contributed by atoms with Crippen molar-refractivity contribution >= 4 is 39.1 Å². The summed E-state index contributed by atoms with van der Waals surface area (Å²) in [4.78, 5) is 18.0. The van der Waals surface area contributed by atoms with Crippen LogP contribution in [0, 0.1) is 17.6 Å². The Morgan fingerprint density at radius 3 is 2.89 bits per heavy atom. The molecule has 3 aliphatic rings. The quantitative estimate of drug-likeness (QED) is 0.305. The molecule has 3 atom stereocenters. The average molecular weight is 626 g/mol. The third kappa shape index (κ3) is 5.09. The number of pyridine rings is 1. The van der Waals surface area contributed by atoms with Crippen LogP contribution in [0.4, 0.5) is 14.6 Å². The van der Waals surface area contributed by atoms with Crippen LogP contribution in [0.25, 0.3) is 32.9 Å². The molecule has 12 heteroatoms. The van der Waals surface area contributed by atoms with Crippen molar-refractivity contribution in [1.82, 2.24) is 19.9 Å². The summed E-state index contributed by atoms with van der Waals surface area (Å²) in [6.45, 7) is 7.38. The number of hydrogen-bond donors (Lipinski definition) is 2. The van der Waals surface area contributed by atoms with Gasteiger partial charge in [0.15, 0.2) is 5.82 Å². The first-order valence-corrected chi connectivity index (χ1v) is 15.3. The molecule has 4 aromatic rings. The number of phenols is 1. The fourth-order valence-corrected chi connectivity index (χ4v) is 7.56. The predicted octanol–water partition coefficient (Wildman–Crippen LogP) is 5.32. The molecule has 0 aliphatic carbocycles. The van der Waals surface area contributed by atoms with Gasteiger partial charge in [0.1, 0.15) is 40.8 Å². The fourth-order valence-electron chi connectivity index (χ4n) is 7.29. The summed E-state index contributed by atoms with van der Waals surface area (Å²) in [6, 6.07) is 5.41. The number of ether oxygens (including phenoxy) is 2. The van der Waals surface area contributed by atoms with Gasteiger partial charge in [-0.3, -0.25) is 9.88 Å². The van der Waals surface area contributed by atoms with E-state index in [4.69, 9.17) is 26.1 Å². The van der Waals surface area contributed by atoms with E-state index in [9.17, 15) is 14.6 Å². The molecule has 0 amide bonds. The van der Waals surface area contributed by atoms with Gasteiger partial charge in [0.2, 0.25) is 0 Å². The minimum atomic E-state index is -1.18. The molecule has 1 unspecified atom stereocenters. The highest BCUT2D eigenvalue weighted by atomic mass is 35.5. The molecule has 2 aromatic heterocycles. The van der Waals surface area contributed by atoms with Gasteiger partial charge in [-0.05, 0) is 62.2 Å². The van der Waals surface area contributed by atoms with Crippen LogP contribution in [0.5, 0.6) is 11.8 Å². The van der Waals surface area contributed by atoms with Crippen LogP contribution >= 0.6 is 11.6 Å². The molecule has 2 N–H and O–H groups in total. The topological polar surface area (TPSA) is 104 Å². The Labute approximate surface area is 258 Å². The van der Waals surface area contributed by atoms with Crippen LogP contribution in [0.3, 0.4) is 0 Å². The highest BCUT2D eigenvalue weighted by Gasteiger charge is 2.47. The lowest BCUT2D eigenvalue weighted by atomic mass is 9.92. The lowest BCUT2D eigenvalue weighted by molar-refractivity contribution is -0.0123. The van der Waals surface area contributed by atoms with Gasteiger partial charge in [0.25, 0.3) is 0 Å². The molecule has 0 spiro atoms. The van der Waals surface area contributed by atoms with Gasteiger partial charge in [-0.1, -0.05) is 24.6 Å². The zero-order valence-electron chi connectivity index (χ0n) is 24.6. The van der Waals surface area contributed by atoms with E-state index in [1.54, 1.807) is 6.92 Å². The number of aromatic nitrogens is 3. The monoisotopic (exact) mass is 625 g/mol. The van der Waals surface area contributed by atoms with Crippen LogP contribution in [-0.4, -0.2) is 87.2 Å². The number of phenolic OH excluding ortho intramolecular Hbond substituents is 1. The fraction of sp³-hybridized carbons (Fsp3) is 0.469. The number of aliphatic hydroxyl groups is 1. The number of anilines is 1.